The summed E-state index contributed by atoms with van der Waals surface area (Å²) in [6.07, 6.45) is -0.879. The maximum absolute atomic E-state index is 13.5. The lowest BCUT2D eigenvalue weighted by Crippen LogP contribution is -2.48. The van der Waals surface area contributed by atoms with Gasteiger partial charge in [0.05, 0.1) is 25.6 Å². The number of anilines is 1. The molecule has 0 spiro atoms. The molecule has 3 aromatic rings. The Kier molecular flexibility index (Phi) is 9.25. The van der Waals surface area contributed by atoms with Crippen molar-refractivity contribution in [3.05, 3.63) is 46.7 Å². The molecule has 0 fully saturated rings. The number of aliphatic hydroxyl groups excluding tert-OH is 1. The summed E-state index contributed by atoms with van der Waals surface area (Å²) >= 11 is 0. The molecular weight excluding hydrogens is 602 g/mol. The molecular formula is C27H37N5O9S2. The van der Waals surface area contributed by atoms with Gasteiger partial charge in [-0.05, 0) is 52.8 Å². The van der Waals surface area contributed by atoms with Crippen LogP contribution >= 0.6 is 0 Å². The number of nitrogens with zero attached hydrogens (tertiary/aromatic N) is 4. The van der Waals surface area contributed by atoms with Gasteiger partial charge in [0.15, 0.2) is 16.4 Å². The Hall–Kier alpha value is -3.47. The Labute approximate surface area is 251 Å². The third-order valence-corrected chi connectivity index (χ3v) is 11.2. The lowest BCUT2D eigenvalue weighted by Gasteiger charge is -2.33. The van der Waals surface area contributed by atoms with Gasteiger partial charge in [0.2, 0.25) is 15.9 Å². The van der Waals surface area contributed by atoms with Gasteiger partial charge in [0, 0.05) is 30.8 Å². The van der Waals surface area contributed by atoms with Gasteiger partial charge >= 0.3 is 0 Å². The van der Waals surface area contributed by atoms with E-state index in [0.29, 0.717) is 11.3 Å². The summed E-state index contributed by atoms with van der Waals surface area (Å²) in [5.74, 6) is -0.0806. The van der Waals surface area contributed by atoms with Crippen LogP contribution in [-0.4, -0.2) is 86.3 Å². The van der Waals surface area contributed by atoms with E-state index in [1.165, 1.54) is 44.9 Å². The van der Waals surface area contributed by atoms with E-state index in [-0.39, 0.29) is 76.3 Å². The summed E-state index contributed by atoms with van der Waals surface area (Å²) in [7, 11) is -6.64. The second-order valence-corrected chi connectivity index (χ2v) is 14.5. The number of ether oxygens (including phenoxy) is 1. The molecule has 43 heavy (non-hydrogen) atoms. The van der Waals surface area contributed by atoms with Gasteiger partial charge in [-0.25, -0.2) is 16.8 Å². The lowest BCUT2D eigenvalue weighted by atomic mass is 10.0. The van der Waals surface area contributed by atoms with E-state index in [9.17, 15) is 26.7 Å². The van der Waals surface area contributed by atoms with Crippen LogP contribution in [0.5, 0.6) is 5.75 Å². The standard InChI is InChI=1S/C27H37N5O9S2/c1-15-12-32(16(2)14-33)25(34)11-21-10-22(30-42(35,36)26-17(3)28-40-19(26)5)8-9-23(21)39-24(15)13-31(7)43(37,38)27-18(4)29-41-20(27)6/h8-10,15-16,24,30,33H,11-14H2,1-7H3/t15-,16+,24+/m0/s1. The maximum atomic E-state index is 13.5. The zero-order chi connectivity index (χ0) is 31.9. The van der Waals surface area contributed by atoms with Crippen LogP contribution in [0.2, 0.25) is 0 Å². The number of amides is 1. The van der Waals surface area contributed by atoms with E-state index in [0.717, 1.165) is 4.31 Å². The van der Waals surface area contributed by atoms with Crippen LogP contribution in [0.1, 0.15) is 42.3 Å². The number of hydrogen-bond acceptors (Lipinski definition) is 11. The van der Waals surface area contributed by atoms with Crippen LogP contribution in [0.4, 0.5) is 5.69 Å². The van der Waals surface area contributed by atoms with Crippen molar-refractivity contribution < 1.29 is 40.5 Å². The third-order valence-electron chi connectivity index (χ3n) is 7.48. The number of fused-ring (bicyclic) bond motifs is 1. The van der Waals surface area contributed by atoms with Crippen molar-refractivity contribution in [1.82, 2.24) is 19.5 Å². The van der Waals surface area contributed by atoms with Gasteiger partial charge in [-0.1, -0.05) is 17.2 Å². The highest BCUT2D eigenvalue weighted by Crippen LogP contribution is 2.32. The highest BCUT2D eigenvalue weighted by Gasteiger charge is 2.35. The topological polar surface area (TPSA) is 185 Å². The van der Waals surface area contributed by atoms with Crippen LogP contribution in [0.25, 0.3) is 0 Å². The molecule has 3 atom stereocenters. The molecule has 0 unspecified atom stereocenters. The highest BCUT2D eigenvalue weighted by molar-refractivity contribution is 7.92. The molecule has 2 aromatic heterocycles. The first-order chi connectivity index (χ1) is 20.1. The Bertz CT molecular complexity index is 1680. The molecule has 4 rings (SSSR count). The van der Waals surface area contributed by atoms with Gasteiger partial charge in [-0.15, -0.1) is 0 Å². The Morgan fingerprint density at radius 3 is 2.23 bits per heavy atom. The smallest absolute Gasteiger partial charge is 0.267 e. The van der Waals surface area contributed by atoms with Crippen LogP contribution in [0.15, 0.2) is 37.0 Å². The van der Waals surface area contributed by atoms with E-state index in [1.807, 2.05) is 6.92 Å². The van der Waals surface area contributed by atoms with Gasteiger partial charge in [-0.2, -0.15) is 4.31 Å². The van der Waals surface area contributed by atoms with Crippen molar-refractivity contribution in [2.45, 2.75) is 69.9 Å². The number of aliphatic hydroxyl groups is 1. The molecule has 0 aliphatic carbocycles. The maximum Gasteiger partial charge on any atom is 0.267 e. The second kappa shape index (κ2) is 12.3. The average molecular weight is 640 g/mol. The van der Waals surface area contributed by atoms with Crippen LogP contribution < -0.4 is 9.46 Å². The van der Waals surface area contributed by atoms with Crippen molar-refractivity contribution in [1.29, 1.82) is 0 Å². The second-order valence-electron chi connectivity index (χ2n) is 10.9. The molecule has 3 heterocycles. The fourth-order valence-electron chi connectivity index (χ4n) is 5.13. The zero-order valence-corrected chi connectivity index (χ0v) is 26.7. The summed E-state index contributed by atoms with van der Waals surface area (Å²) < 4.78 is 73.4. The number of carbonyl (C=O) groups excluding carboxylic acids is 1. The number of likely N-dealkylation sites (N-methyl/N-ethyl adjacent to an activating group) is 1. The number of rotatable bonds is 9. The molecule has 14 nitrogen and oxygen atoms in total. The fraction of sp³-hybridized carbons (Fsp3) is 0.519. The highest BCUT2D eigenvalue weighted by atomic mass is 32.2. The SMILES string of the molecule is Cc1noc(C)c1S(=O)(=O)Nc1ccc2c(c1)CC(=O)N([C@H](C)CO)C[C@H](C)[C@@H](CN(C)S(=O)(=O)c1c(C)noc1C)O2. The first kappa shape index (κ1) is 32.4. The monoisotopic (exact) mass is 639 g/mol. The fourth-order valence-corrected chi connectivity index (χ4v) is 7.97. The molecule has 236 valence electrons. The van der Waals surface area contributed by atoms with E-state index < -0.39 is 32.2 Å². The molecule has 0 radical (unpaired) electrons. The average Bonchev–Trinajstić information content (AvgIpc) is 3.47. The number of aryl methyl sites for hydroxylation is 4. The van der Waals surface area contributed by atoms with Gasteiger partial charge in [0.25, 0.3) is 10.0 Å². The Morgan fingerprint density at radius 2 is 1.67 bits per heavy atom. The van der Waals surface area contributed by atoms with Crippen LogP contribution in [-0.2, 0) is 31.3 Å². The molecule has 2 N–H and O–H groups in total. The van der Waals surface area contributed by atoms with Gasteiger partial charge in [0.1, 0.15) is 28.1 Å². The molecule has 0 saturated heterocycles. The summed E-state index contributed by atoms with van der Waals surface area (Å²) in [4.78, 5) is 14.9. The zero-order valence-electron chi connectivity index (χ0n) is 25.1. The number of benzene rings is 1. The first-order valence-electron chi connectivity index (χ1n) is 13.6. The molecule has 1 aliphatic heterocycles. The van der Waals surface area contributed by atoms with Gasteiger partial charge in [-0.3, -0.25) is 9.52 Å². The predicted octanol–water partition coefficient (Wildman–Crippen LogP) is 2.17. The van der Waals surface area contributed by atoms with E-state index in [4.69, 9.17) is 13.8 Å². The van der Waals surface area contributed by atoms with Crippen molar-refractivity contribution in [3.63, 3.8) is 0 Å². The molecule has 0 saturated carbocycles. The van der Waals surface area contributed by atoms with Crippen LogP contribution in [0.3, 0.4) is 0 Å². The van der Waals surface area contributed by atoms with E-state index in [2.05, 4.69) is 15.0 Å². The minimum atomic E-state index is -4.07. The summed E-state index contributed by atoms with van der Waals surface area (Å²) in [5.41, 5.74) is 0.999. The Balaban J connectivity index is 1.71. The summed E-state index contributed by atoms with van der Waals surface area (Å²) in [6.45, 7) is 9.44. The number of aromatic nitrogens is 2. The van der Waals surface area contributed by atoms with E-state index >= 15 is 0 Å². The molecule has 1 aromatic carbocycles. The third kappa shape index (κ3) is 6.56. The lowest BCUT2D eigenvalue weighted by molar-refractivity contribution is -0.134. The number of nitrogens with one attached hydrogen (secondary N) is 1. The van der Waals surface area contributed by atoms with Crippen molar-refractivity contribution in [3.8, 4) is 5.75 Å². The van der Waals surface area contributed by atoms with Crippen molar-refractivity contribution >= 4 is 31.6 Å². The molecule has 1 amide bonds. The normalized spacial score (nSPS) is 18.9. The molecule has 16 heteroatoms. The van der Waals surface area contributed by atoms with Crippen molar-refractivity contribution in [2.75, 3.05) is 31.5 Å². The predicted molar refractivity (Wildman–Crippen MR) is 155 cm³/mol. The van der Waals surface area contributed by atoms with Crippen molar-refractivity contribution in [2.24, 2.45) is 5.92 Å². The number of hydrogen-bond donors (Lipinski definition) is 2. The first-order valence-corrected chi connectivity index (χ1v) is 16.5. The molecule has 0 bridgehead atoms. The number of sulfonamides is 2. The number of carbonyl (C=O) groups is 1. The Morgan fingerprint density at radius 1 is 1.07 bits per heavy atom. The summed E-state index contributed by atoms with van der Waals surface area (Å²) in [6, 6.07) is 4.02. The summed E-state index contributed by atoms with van der Waals surface area (Å²) in [5, 5.41) is 17.4. The quantitative estimate of drug-likeness (QED) is 0.350. The minimum absolute atomic E-state index is 0.0213. The van der Waals surface area contributed by atoms with Crippen LogP contribution in [0, 0.1) is 33.6 Å². The van der Waals surface area contributed by atoms with E-state index in [1.54, 1.807) is 19.9 Å². The minimum Gasteiger partial charge on any atom is -0.488 e. The van der Waals surface area contributed by atoms with Gasteiger partial charge < -0.3 is 23.8 Å². The largest absolute Gasteiger partial charge is 0.488 e. The molecule has 1 aliphatic rings.